The van der Waals surface area contributed by atoms with Crippen LogP contribution in [0.5, 0.6) is 0 Å². The summed E-state index contributed by atoms with van der Waals surface area (Å²) in [4.78, 5) is 47.5. The standard InChI is InChI=1S/C17H21N5O.2C4H4O4/c1-12-4-5-14(23-12)11-22-16-15(3-2-8-19-16)21-17(22)20-13-6-9-18-10-7-13;2*5-3(6)1-2-4(7)8/h2-5,8,13,18H,6-7,9-11H2,1H3,(H,20,21);2*1-2H,(H,5,6)(H,7,8)/b;2*2-1-. The van der Waals surface area contributed by atoms with Crippen LogP contribution in [0.2, 0.25) is 0 Å². The van der Waals surface area contributed by atoms with Crippen molar-refractivity contribution in [3.05, 3.63) is 66.3 Å². The van der Waals surface area contributed by atoms with E-state index >= 15 is 0 Å². The Bertz CT molecular complexity index is 1270. The molecule has 0 saturated carbocycles. The van der Waals surface area contributed by atoms with E-state index in [-0.39, 0.29) is 0 Å². The second-order valence-corrected chi connectivity index (χ2v) is 8.07. The number of hydrogen-bond acceptors (Lipinski definition) is 9. The summed E-state index contributed by atoms with van der Waals surface area (Å²) in [7, 11) is 0. The van der Waals surface area contributed by atoms with Crippen molar-refractivity contribution in [1.82, 2.24) is 19.9 Å². The maximum Gasteiger partial charge on any atom is 0.328 e. The molecule has 14 nitrogen and oxygen atoms in total. The van der Waals surface area contributed by atoms with Crippen LogP contribution >= 0.6 is 0 Å². The average molecular weight is 544 g/mol. The number of carboxylic acid groups (broad SMARTS) is 4. The van der Waals surface area contributed by atoms with E-state index in [0.29, 0.717) is 36.9 Å². The zero-order valence-corrected chi connectivity index (χ0v) is 21.0. The number of piperidine rings is 1. The molecule has 0 aliphatic carbocycles. The summed E-state index contributed by atoms with van der Waals surface area (Å²) in [5, 5.41) is 38.2. The van der Waals surface area contributed by atoms with Crippen LogP contribution < -0.4 is 10.6 Å². The van der Waals surface area contributed by atoms with Crippen molar-refractivity contribution in [2.45, 2.75) is 32.4 Å². The van der Waals surface area contributed by atoms with Crippen LogP contribution in [0.1, 0.15) is 24.4 Å². The topological polar surface area (TPSA) is 217 Å². The number of nitrogens with one attached hydrogen (secondary N) is 2. The highest BCUT2D eigenvalue weighted by atomic mass is 16.4. The number of anilines is 1. The molecule has 0 unspecified atom stereocenters. The molecule has 1 fully saturated rings. The molecule has 4 rings (SSSR count). The highest BCUT2D eigenvalue weighted by Gasteiger charge is 2.18. The van der Waals surface area contributed by atoms with Crippen LogP contribution in [-0.2, 0) is 25.7 Å². The lowest BCUT2D eigenvalue weighted by Crippen LogP contribution is -2.36. The number of nitrogens with zero attached hydrogens (tertiary/aromatic N) is 3. The van der Waals surface area contributed by atoms with E-state index in [0.717, 1.165) is 54.6 Å². The maximum absolute atomic E-state index is 9.55. The van der Waals surface area contributed by atoms with Crippen LogP contribution in [0.25, 0.3) is 11.2 Å². The minimum Gasteiger partial charge on any atom is -0.478 e. The molecule has 0 radical (unpaired) electrons. The van der Waals surface area contributed by atoms with Gasteiger partial charge in [0.1, 0.15) is 17.0 Å². The predicted molar refractivity (Wildman–Crippen MR) is 138 cm³/mol. The number of fused-ring (bicyclic) bond motifs is 1. The van der Waals surface area contributed by atoms with Crippen molar-refractivity contribution in [3.63, 3.8) is 0 Å². The van der Waals surface area contributed by atoms with Gasteiger partial charge in [0.2, 0.25) is 5.95 Å². The van der Waals surface area contributed by atoms with Crippen LogP contribution in [0.3, 0.4) is 0 Å². The van der Waals surface area contributed by atoms with Crippen LogP contribution in [0.15, 0.2) is 59.2 Å². The van der Waals surface area contributed by atoms with Crippen molar-refractivity contribution in [1.29, 1.82) is 0 Å². The first-order valence-corrected chi connectivity index (χ1v) is 11.7. The summed E-state index contributed by atoms with van der Waals surface area (Å²) >= 11 is 0. The molecule has 6 N–H and O–H groups in total. The molecule has 1 aliphatic rings. The number of carbonyl (C=O) groups is 4. The summed E-state index contributed by atoms with van der Waals surface area (Å²) in [5.74, 6) is -2.31. The molecule has 39 heavy (non-hydrogen) atoms. The van der Waals surface area contributed by atoms with Gasteiger partial charge in [0.15, 0.2) is 5.65 Å². The first kappa shape index (κ1) is 30.2. The minimum atomic E-state index is -1.26. The van der Waals surface area contributed by atoms with E-state index in [9.17, 15) is 19.2 Å². The molecule has 0 aromatic carbocycles. The molecule has 3 aromatic heterocycles. The van der Waals surface area contributed by atoms with E-state index in [2.05, 4.69) is 20.2 Å². The van der Waals surface area contributed by atoms with Gasteiger partial charge in [-0.1, -0.05) is 0 Å². The number of imidazole rings is 1. The lowest BCUT2D eigenvalue weighted by atomic mass is 10.1. The number of rotatable bonds is 8. The van der Waals surface area contributed by atoms with Gasteiger partial charge in [0, 0.05) is 36.5 Å². The van der Waals surface area contributed by atoms with Gasteiger partial charge < -0.3 is 35.5 Å². The van der Waals surface area contributed by atoms with Crippen molar-refractivity contribution >= 4 is 41.0 Å². The Labute approximate surface area is 222 Å². The Morgan fingerprint density at radius 1 is 0.974 bits per heavy atom. The van der Waals surface area contributed by atoms with Gasteiger partial charge >= 0.3 is 23.9 Å². The van der Waals surface area contributed by atoms with Crippen LogP contribution in [0, 0.1) is 6.92 Å². The fourth-order valence-electron chi connectivity index (χ4n) is 3.38. The monoisotopic (exact) mass is 543 g/mol. The summed E-state index contributed by atoms with van der Waals surface area (Å²) < 4.78 is 7.84. The number of hydrogen-bond donors (Lipinski definition) is 6. The van der Waals surface area contributed by atoms with E-state index in [1.807, 2.05) is 37.4 Å². The molecular formula is C25H29N5O9. The van der Waals surface area contributed by atoms with Crippen molar-refractivity contribution in [2.75, 3.05) is 18.4 Å². The molecule has 0 bridgehead atoms. The average Bonchev–Trinajstić information content (AvgIpc) is 3.46. The van der Waals surface area contributed by atoms with Gasteiger partial charge in [-0.15, -0.1) is 0 Å². The Morgan fingerprint density at radius 3 is 2.03 bits per heavy atom. The number of aliphatic carboxylic acids is 4. The summed E-state index contributed by atoms with van der Waals surface area (Å²) in [6, 6.07) is 8.37. The van der Waals surface area contributed by atoms with E-state index in [1.54, 1.807) is 0 Å². The van der Waals surface area contributed by atoms with Crippen molar-refractivity contribution in [3.8, 4) is 0 Å². The fourth-order valence-corrected chi connectivity index (χ4v) is 3.38. The normalized spacial score (nSPS) is 13.4. The quantitative estimate of drug-likeness (QED) is 0.224. The molecule has 0 amide bonds. The highest BCUT2D eigenvalue weighted by Crippen LogP contribution is 2.22. The lowest BCUT2D eigenvalue weighted by Gasteiger charge is -2.24. The molecule has 14 heteroatoms. The first-order chi connectivity index (χ1) is 18.5. The Hall–Kier alpha value is -4.98. The molecule has 1 saturated heterocycles. The third kappa shape index (κ3) is 11.3. The lowest BCUT2D eigenvalue weighted by molar-refractivity contribution is -0.134. The van der Waals surface area contributed by atoms with E-state index < -0.39 is 23.9 Å². The van der Waals surface area contributed by atoms with Gasteiger partial charge in [-0.05, 0) is 57.1 Å². The van der Waals surface area contributed by atoms with Gasteiger partial charge in [-0.2, -0.15) is 0 Å². The molecule has 4 heterocycles. The van der Waals surface area contributed by atoms with Gasteiger partial charge in [-0.3, -0.25) is 4.57 Å². The van der Waals surface area contributed by atoms with Gasteiger partial charge in [-0.25, -0.2) is 29.1 Å². The number of furan rings is 1. The summed E-state index contributed by atoms with van der Waals surface area (Å²) in [5.41, 5.74) is 1.80. The molecule has 3 aromatic rings. The maximum atomic E-state index is 9.55. The largest absolute Gasteiger partial charge is 0.478 e. The second kappa shape index (κ2) is 15.3. The Morgan fingerprint density at radius 2 is 1.54 bits per heavy atom. The fraction of sp³-hybridized carbons (Fsp3) is 0.280. The van der Waals surface area contributed by atoms with Crippen LogP contribution in [0.4, 0.5) is 5.95 Å². The van der Waals surface area contributed by atoms with Crippen molar-refractivity contribution in [2.24, 2.45) is 0 Å². The summed E-state index contributed by atoms with van der Waals surface area (Å²) in [6.07, 6.45) is 6.25. The third-order valence-corrected chi connectivity index (χ3v) is 5.02. The number of aromatic nitrogens is 3. The minimum absolute atomic E-state index is 0.449. The van der Waals surface area contributed by atoms with Crippen LogP contribution in [-0.4, -0.2) is 78.0 Å². The molecule has 0 atom stereocenters. The Kier molecular flexibility index (Phi) is 11.9. The Balaban J connectivity index is 0.000000277. The number of pyridine rings is 1. The number of carboxylic acids is 4. The highest BCUT2D eigenvalue weighted by molar-refractivity contribution is 5.90. The molecule has 208 valence electrons. The zero-order valence-electron chi connectivity index (χ0n) is 21.0. The third-order valence-electron chi connectivity index (χ3n) is 5.02. The molecule has 0 spiro atoms. The van der Waals surface area contributed by atoms with Crippen molar-refractivity contribution < 1.29 is 44.0 Å². The predicted octanol–water partition coefficient (Wildman–Crippen LogP) is 1.97. The zero-order chi connectivity index (χ0) is 28.8. The molecular weight excluding hydrogens is 514 g/mol. The SMILES string of the molecule is Cc1ccc(Cn2c(NC3CCNCC3)nc3cccnc32)o1.O=C(O)/C=C\C(=O)O.O=C(O)/C=C\C(=O)O. The number of aryl methyl sites for hydroxylation is 1. The van der Waals surface area contributed by atoms with E-state index in [4.69, 9.17) is 29.8 Å². The van der Waals surface area contributed by atoms with E-state index in [1.165, 1.54) is 0 Å². The molecule has 1 aliphatic heterocycles. The summed E-state index contributed by atoms with van der Waals surface area (Å²) in [6.45, 7) is 4.69. The first-order valence-electron chi connectivity index (χ1n) is 11.7. The second-order valence-electron chi connectivity index (χ2n) is 8.07. The van der Waals surface area contributed by atoms with Gasteiger partial charge in [0.25, 0.3) is 0 Å². The van der Waals surface area contributed by atoms with Gasteiger partial charge in [0.05, 0.1) is 6.54 Å². The smallest absolute Gasteiger partial charge is 0.328 e.